The van der Waals surface area contributed by atoms with E-state index in [1.54, 1.807) is 12.4 Å². The van der Waals surface area contributed by atoms with Crippen molar-refractivity contribution in [2.75, 3.05) is 0 Å². The zero-order chi connectivity index (χ0) is 16.7. The first kappa shape index (κ1) is 15.5. The third-order valence-electron chi connectivity index (χ3n) is 4.84. The van der Waals surface area contributed by atoms with Crippen LogP contribution in [0.2, 0.25) is 5.15 Å². The van der Waals surface area contributed by atoms with Crippen molar-refractivity contribution in [3.05, 3.63) is 41.6 Å². The lowest BCUT2D eigenvalue weighted by molar-refractivity contribution is 0.271. The summed E-state index contributed by atoms with van der Waals surface area (Å²) in [7, 11) is 0. The number of pyridine rings is 1. The number of rotatable bonds is 2. The first-order chi connectivity index (χ1) is 11.5. The van der Waals surface area contributed by atoms with E-state index in [2.05, 4.69) is 19.9 Å². The van der Waals surface area contributed by atoms with Gasteiger partial charge in [0.15, 0.2) is 5.65 Å². The summed E-state index contributed by atoms with van der Waals surface area (Å²) < 4.78 is 0. The molecule has 0 amide bonds. The topological polar surface area (TPSA) is 106 Å². The molecule has 3 aromatic heterocycles. The molecule has 24 heavy (non-hydrogen) atoms. The SMILES string of the molecule is NC1CCC(N)(c2cc(-c3c[nH]c4nccnc34)cc(Cl)n2)CC1. The van der Waals surface area contributed by atoms with Crippen LogP contribution in [0.4, 0.5) is 0 Å². The lowest BCUT2D eigenvalue weighted by atomic mass is 9.77. The number of nitrogens with one attached hydrogen (secondary N) is 1. The van der Waals surface area contributed by atoms with Crippen LogP contribution in [-0.2, 0) is 5.54 Å². The van der Waals surface area contributed by atoms with Crippen molar-refractivity contribution in [1.82, 2.24) is 19.9 Å². The van der Waals surface area contributed by atoms with Crippen LogP contribution in [0.5, 0.6) is 0 Å². The van der Waals surface area contributed by atoms with Gasteiger partial charge in [-0.1, -0.05) is 11.6 Å². The summed E-state index contributed by atoms with van der Waals surface area (Å²) in [5, 5.41) is 0.431. The largest absolute Gasteiger partial charge is 0.344 e. The van der Waals surface area contributed by atoms with E-state index in [0.717, 1.165) is 53.7 Å². The Bertz CT molecular complexity index is 882. The predicted molar refractivity (Wildman–Crippen MR) is 94.4 cm³/mol. The second kappa shape index (κ2) is 5.81. The lowest BCUT2D eigenvalue weighted by Crippen LogP contribution is -2.44. The number of fused-ring (bicyclic) bond motifs is 1. The van der Waals surface area contributed by atoms with Gasteiger partial charge in [-0.2, -0.15) is 0 Å². The zero-order valence-corrected chi connectivity index (χ0v) is 13.9. The minimum Gasteiger partial charge on any atom is -0.344 e. The van der Waals surface area contributed by atoms with E-state index >= 15 is 0 Å². The smallest absolute Gasteiger partial charge is 0.156 e. The quantitative estimate of drug-likeness (QED) is 0.621. The Kier molecular flexibility index (Phi) is 3.75. The van der Waals surface area contributed by atoms with Crippen LogP contribution in [0.1, 0.15) is 31.4 Å². The fourth-order valence-corrected chi connectivity index (χ4v) is 3.60. The van der Waals surface area contributed by atoms with E-state index in [9.17, 15) is 0 Å². The first-order valence-corrected chi connectivity index (χ1v) is 8.44. The highest BCUT2D eigenvalue weighted by Crippen LogP contribution is 2.36. The van der Waals surface area contributed by atoms with E-state index in [4.69, 9.17) is 23.1 Å². The average Bonchev–Trinajstić information content (AvgIpc) is 3.01. The van der Waals surface area contributed by atoms with Gasteiger partial charge in [0.2, 0.25) is 0 Å². The summed E-state index contributed by atoms with van der Waals surface area (Å²) in [6, 6.07) is 4.07. The molecule has 124 valence electrons. The highest BCUT2D eigenvalue weighted by molar-refractivity contribution is 6.29. The molecule has 0 radical (unpaired) electrons. The molecule has 3 heterocycles. The molecule has 6 nitrogen and oxygen atoms in total. The zero-order valence-electron chi connectivity index (χ0n) is 13.2. The van der Waals surface area contributed by atoms with Crippen LogP contribution in [0.25, 0.3) is 22.3 Å². The summed E-state index contributed by atoms with van der Waals surface area (Å²) in [6.45, 7) is 0. The Morgan fingerprint density at radius 1 is 1.17 bits per heavy atom. The van der Waals surface area contributed by atoms with Gasteiger partial charge >= 0.3 is 0 Å². The molecule has 0 aliphatic heterocycles. The third-order valence-corrected chi connectivity index (χ3v) is 5.04. The van der Waals surface area contributed by atoms with Crippen molar-refractivity contribution < 1.29 is 0 Å². The van der Waals surface area contributed by atoms with E-state index in [1.807, 2.05) is 18.3 Å². The van der Waals surface area contributed by atoms with Crippen LogP contribution in [0, 0.1) is 0 Å². The molecular weight excluding hydrogens is 324 g/mol. The summed E-state index contributed by atoms with van der Waals surface area (Å²) in [5.74, 6) is 0. The van der Waals surface area contributed by atoms with Crippen molar-refractivity contribution in [3.8, 4) is 11.1 Å². The Labute approximate surface area is 144 Å². The Balaban J connectivity index is 1.79. The molecule has 0 bridgehead atoms. The number of nitrogens with two attached hydrogens (primary N) is 2. The summed E-state index contributed by atoms with van der Waals surface area (Å²) >= 11 is 6.29. The maximum Gasteiger partial charge on any atom is 0.156 e. The van der Waals surface area contributed by atoms with Gasteiger partial charge in [0.25, 0.3) is 0 Å². The molecule has 0 atom stereocenters. The van der Waals surface area contributed by atoms with Gasteiger partial charge in [0.05, 0.1) is 11.2 Å². The van der Waals surface area contributed by atoms with Crippen molar-refractivity contribution >= 4 is 22.8 Å². The molecule has 0 spiro atoms. The number of halogens is 1. The van der Waals surface area contributed by atoms with Crippen molar-refractivity contribution in [3.63, 3.8) is 0 Å². The van der Waals surface area contributed by atoms with Gasteiger partial charge in [-0.15, -0.1) is 0 Å². The second-order valence-electron chi connectivity index (χ2n) is 6.51. The van der Waals surface area contributed by atoms with Gasteiger partial charge in [-0.25, -0.2) is 9.97 Å². The van der Waals surface area contributed by atoms with Gasteiger partial charge in [0, 0.05) is 30.2 Å². The van der Waals surface area contributed by atoms with Crippen molar-refractivity contribution in [2.24, 2.45) is 11.5 Å². The molecule has 5 N–H and O–H groups in total. The molecular formula is C17H19ClN6. The minimum absolute atomic E-state index is 0.226. The number of aromatic nitrogens is 4. The summed E-state index contributed by atoms with van der Waals surface area (Å²) in [6.07, 6.45) is 8.66. The monoisotopic (exact) mass is 342 g/mol. The van der Waals surface area contributed by atoms with E-state index in [-0.39, 0.29) is 6.04 Å². The predicted octanol–water partition coefficient (Wildman–Crippen LogP) is 2.73. The fourth-order valence-electron chi connectivity index (χ4n) is 3.39. The van der Waals surface area contributed by atoms with Crippen LogP contribution in [-0.4, -0.2) is 26.0 Å². The van der Waals surface area contributed by atoms with Crippen molar-refractivity contribution in [1.29, 1.82) is 0 Å². The molecule has 7 heteroatoms. The molecule has 1 saturated carbocycles. The molecule has 1 fully saturated rings. The lowest BCUT2D eigenvalue weighted by Gasteiger charge is -2.35. The number of hydrogen-bond acceptors (Lipinski definition) is 5. The Morgan fingerprint density at radius 3 is 2.71 bits per heavy atom. The minimum atomic E-state index is -0.479. The number of H-pyrrole nitrogens is 1. The average molecular weight is 343 g/mol. The number of hydrogen-bond donors (Lipinski definition) is 3. The molecule has 0 unspecified atom stereocenters. The summed E-state index contributed by atoms with van der Waals surface area (Å²) in [4.78, 5) is 16.3. The molecule has 1 aliphatic rings. The molecule has 4 rings (SSSR count). The first-order valence-electron chi connectivity index (χ1n) is 8.06. The fraction of sp³-hybridized carbons (Fsp3) is 0.353. The second-order valence-corrected chi connectivity index (χ2v) is 6.90. The summed E-state index contributed by atoms with van der Waals surface area (Å²) in [5.41, 5.74) is 16.4. The third kappa shape index (κ3) is 2.66. The van der Waals surface area contributed by atoms with Crippen LogP contribution >= 0.6 is 11.6 Å². The van der Waals surface area contributed by atoms with Gasteiger partial charge in [-0.05, 0) is 43.4 Å². The molecule has 1 aliphatic carbocycles. The highest BCUT2D eigenvalue weighted by atomic mass is 35.5. The van der Waals surface area contributed by atoms with E-state index in [0.29, 0.717) is 5.15 Å². The van der Waals surface area contributed by atoms with E-state index < -0.39 is 5.54 Å². The number of aromatic amines is 1. The standard InChI is InChI=1S/C17H19ClN6/c18-14-8-10(12-9-23-16-15(12)21-5-6-22-16)7-13(24-14)17(20)3-1-11(19)2-4-17/h5-9,11H,1-4,19-20H2,(H,22,23). The van der Waals surface area contributed by atoms with Crippen LogP contribution < -0.4 is 11.5 Å². The van der Waals surface area contributed by atoms with Gasteiger partial charge in [-0.3, -0.25) is 4.98 Å². The normalized spacial score (nSPS) is 24.4. The van der Waals surface area contributed by atoms with Crippen molar-refractivity contribution in [2.45, 2.75) is 37.3 Å². The Hall–Kier alpha value is -2.02. The maximum atomic E-state index is 6.63. The van der Waals surface area contributed by atoms with E-state index in [1.165, 1.54) is 0 Å². The van der Waals surface area contributed by atoms with Crippen LogP contribution in [0.15, 0.2) is 30.7 Å². The molecule has 3 aromatic rings. The van der Waals surface area contributed by atoms with Gasteiger partial charge < -0.3 is 16.5 Å². The molecule has 0 saturated heterocycles. The van der Waals surface area contributed by atoms with Gasteiger partial charge in [0.1, 0.15) is 10.7 Å². The molecule has 0 aromatic carbocycles. The Morgan fingerprint density at radius 2 is 1.92 bits per heavy atom. The maximum absolute atomic E-state index is 6.63. The highest BCUT2D eigenvalue weighted by Gasteiger charge is 2.34. The number of nitrogens with zero attached hydrogens (tertiary/aromatic N) is 3. The van der Waals surface area contributed by atoms with Crippen LogP contribution in [0.3, 0.4) is 0 Å².